The van der Waals surface area contributed by atoms with Crippen LogP contribution in [0.1, 0.15) is 27.7 Å². The molecule has 0 radical (unpaired) electrons. The minimum absolute atomic E-state index is 0.566. The number of alkyl halides is 1. The summed E-state index contributed by atoms with van der Waals surface area (Å²) >= 11 is 0. The number of hydrogen-bond donors (Lipinski definition) is 4. The molecule has 0 bridgehead atoms. The van der Waals surface area contributed by atoms with Crippen LogP contribution in [0.3, 0.4) is 0 Å². The van der Waals surface area contributed by atoms with Crippen molar-refractivity contribution in [1.29, 1.82) is 0 Å². The number of halogens is 1. The summed E-state index contributed by atoms with van der Waals surface area (Å²) in [4.78, 5) is 25.5. The van der Waals surface area contributed by atoms with Crippen LogP contribution in [-0.2, 0) is 9.53 Å². The monoisotopic (exact) mass is 346 g/mol. The largest absolute Gasteiger partial charge is 0.394 e. The van der Waals surface area contributed by atoms with Gasteiger partial charge in [0.05, 0.1) is 12.6 Å². The smallest absolute Gasteiger partial charge is 0.326 e. The topological polar surface area (TPSA) is 119 Å². The lowest BCUT2D eigenvalue weighted by molar-refractivity contribution is -0.269. The zero-order valence-corrected chi connectivity index (χ0v) is 14.0. The molecule has 0 spiro atoms. The van der Waals surface area contributed by atoms with Crippen molar-refractivity contribution in [3.8, 4) is 0 Å². The summed E-state index contributed by atoms with van der Waals surface area (Å²) in [6.07, 6.45) is -5.40. The Morgan fingerprint density at radius 1 is 1.21 bits per heavy atom. The second-order valence-electron chi connectivity index (χ2n) is 7.86. The summed E-state index contributed by atoms with van der Waals surface area (Å²) in [6.45, 7) is 6.11. The maximum atomic E-state index is 15.6. The molecule has 24 heavy (non-hydrogen) atoms. The summed E-state index contributed by atoms with van der Waals surface area (Å²) in [6, 6.07) is -2.05. The maximum absolute atomic E-state index is 15.6. The van der Waals surface area contributed by atoms with Gasteiger partial charge < -0.3 is 20.1 Å². The van der Waals surface area contributed by atoms with E-state index in [9.17, 15) is 24.9 Å². The molecule has 8 nitrogen and oxygen atoms in total. The van der Waals surface area contributed by atoms with Gasteiger partial charge in [0.1, 0.15) is 18.3 Å². The van der Waals surface area contributed by atoms with Gasteiger partial charge in [0, 0.05) is 5.41 Å². The van der Waals surface area contributed by atoms with Crippen molar-refractivity contribution in [2.75, 3.05) is 6.61 Å². The highest BCUT2D eigenvalue weighted by Crippen LogP contribution is 2.67. The first kappa shape index (κ1) is 17.5. The Bertz CT molecular complexity index is 597. The number of ether oxygens (including phenoxy) is 1. The van der Waals surface area contributed by atoms with Crippen molar-refractivity contribution in [2.24, 2.45) is 10.8 Å². The van der Waals surface area contributed by atoms with Gasteiger partial charge in [-0.15, -0.1) is 0 Å². The van der Waals surface area contributed by atoms with Gasteiger partial charge >= 0.3 is 6.03 Å². The van der Waals surface area contributed by atoms with Gasteiger partial charge in [0.15, 0.2) is 6.23 Å². The first-order valence-corrected chi connectivity index (χ1v) is 7.88. The molecule has 0 unspecified atom stereocenters. The average Bonchev–Trinajstić information content (AvgIpc) is 2.77. The van der Waals surface area contributed by atoms with Crippen molar-refractivity contribution < 1.29 is 34.0 Å². The fourth-order valence-corrected chi connectivity index (χ4v) is 4.26. The van der Waals surface area contributed by atoms with E-state index in [-0.39, 0.29) is 0 Å². The zero-order chi connectivity index (χ0) is 18.2. The highest BCUT2D eigenvalue weighted by atomic mass is 19.1. The molecule has 1 saturated carbocycles. The molecular weight excluding hydrogens is 323 g/mol. The summed E-state index contributed by atoms with van der Waals surface area (Å²) in [5.74, 6) is -1.01. The van der Waals surface area contributed by atoms with Gasteiger partial charge in [-0.25, -0.2) is 9.18 Å². The van der Waals surface area contributed by atoms with E-state index in [4.69, 9.17) is 4.74 Å². The van der Waals surface area contributed by atoms with E-state index in [1.807, 2.05) is 5.32 Å². The van der Waals surface area contributed by atoms with Crippen LogP contribution in [0.25, 0.3) is 0 Å². The number of fused-ring (bicyclic) bond motifs is 1. The van der Waals surface area contributed by atoms with E-state index in [1.54, 1.807) is 27.7 Å². The van der Waals surface area contributed by atoms with Crippen LogP contribution in [0.4, 0.5) is 9.18 Å². The van der Waals surface area contributed by atoms with Crippen LogP contribution in [0, 0.1) is 10.8 Å². The van der Waals surface area contributed by atoms with Gasteiger partial charge in [0.25, 0.3) is 5.91 Å². The van der Waals surface area contributed by atoms with Crippen LogP contribution in [0.15, 0.2) is 0 Å². The number of urea groups is 1. The van der Waals surface area contributed by atoms with Crippen LogP contribution in [0.2, 0.25) is 0 Å². The van der Waals surface area contributed by atoms with E-state index < -0.39 is 65.6 Å². The van der Waals surface area contributed by atoms with E-state index in [0.717, 1.165) is 4.90 Å². The van der Waals surface area contributed by atoms with E-state index in [0.29, 0.717) is 0 Å². The second-order valence-corrected chi connectivity index (χ2v) is 7.86. The van der Waals surface area contributed by atoms with Gasteiger partial charge in [-0.3, -0.25) is 15.0 Å². The third-order valence-electron chi connectivity index (χ3n) is 6.44. The molecule has 9 heteroatoms. The lowest BCUT2D eigenvalue weighted by Crippen LogP contribution is -2.88. The lowest BCUT2D eigenvalue weighted by Gasteiger charge is -2.70. The number of aliphatic hydroxyl groups excluding tert-OH is 3. The quantitative estimate of drug-likeness (QED) is 0.516. The fraction of sp³-hybridized carbons (Fsp3) is 0.867. The number of hydrogen-bond acceptors (Lipinski definition) is 6. The summed E-state index contributed by atoms with van der Waals surface area (Å²) in [5.41, 5.74) is -4.21. The van der Waals surface area contributed by atoms with Crippen LogP contribution in [0.5, 0.6) is 0 Å². The van der Waals surface area contributed by atoms with Crippen molar-refractivity contribution >= 4 is 11.9 Å². The van der Waals surface area contributed by atoms with E-state index >= 15 is 4.39 Å². The molecule has 3 fully saturated rings. The molecule has 0 aromatic heterocycles. The number of rotatable bonds is 2. The predicted octanol–water partition coefficient (Wildman–Crippen LogP) is -0.880. The van der Waals surface area contributed by atoms with Crippen LogP contribution < -0.4 is 5.32 Å². The lowest BCUT2D eigenvalue weighted by atomic mass is 9.40. The Morgan fingerprint density at radius 2 is 1.79 bits per heavy atom. The standard InChI is InChI=1S/C15H23FN2O6/c1-13(2)10-15(16,14(13,3)4)11(22)17-12(23)18(10)9-8(21)7(20)6(5-19)24-9/h6-10,19-21H,5H2,1-4H3,(H,17,22,23)/t6-,7-,8-,9-,10+,15+/m1/s1. The fourth-order valence-electron chi connectivity index (χ4n) is 4.26. The number of imide groups is 1. The summed E-state index contributed by atoms with van der Waals surface area (Å²) in [7, 11) is 0. The highest BCUT2D eigenvalue weighted by Gasteiger charge is 2.81. The SMILES string of the molecule is CC1(C)[C@@H]2N([C@@H]3O[C@H](CO)[C@@H](O)[C@H]3O)C(=O)NC(=O)[C@]2(F)C1(C)C. The molecule has 4 N–H and O–H groups in total. The van der Waals surface area contributed by atoms with Crippen molar-refractivity contribution in [3.05, 3.63) is 0 Å². The molecule has 1 aliphatic carbocycles. The summed E-state index contributed by atoms with van der Waals surface area (Å²) in [5, 5.41) is 31.3. The number of aliphatic hydroxyl groups is 3. The first-order chi connectivity index (χ1) is 10.9. The van der Waals surface area contributed by atoms with Crippen molar-refractivity contribution in [3.63, 3.8) is 0 Å². The van der Waals surface area contributed by atoms with Gasteiger partial charge in [0.2, 0.25) is 5.67 Å². The Morgan fingerprint density at radius 3 is 2.29 bits per heavy atom. The number of carbonyl (C=O) groups is 2. The molecule has 6 atom stereocenters. The molecule has 3 rings (SSSR count). The number of nitrogens with zero attached hydrogens (tertiary/aromatic N) is 1. The number of carbonyl (C=O) groups excluding carboxylic acids is 2. The molecular formula is C15H23FN2O6. The predicted molar refractivity (Wildman–Crippen MR) is 78.3 cm³/mol. The van der Waals surface area contributed by atoms with Gasteiger partial charge in [-0.05, 0) is 5.41 Å². The Hall–Kier alpha value is -1.29. The van der Waals surface area contributed by atoms with Crippen molar-refractivity contribution in [1.82, 2.24) is 10.2 Å². The van der Waals surface area contributed by atoms with E-state index in [2.05, 4.69) is 0 Å². The Kier molecular flexibility index (Phi) is 3.56. The summed E-state index contributed by atoms with van der Waals surface area (Å²) < 4.78 is 21.0. The first-order valence-electron chi connectivity index (χ1n) is 7.88. The Balaban J connectivity index is 2.03. The minimum Gasteiger partial charge on any atom is -0.394 e. The molecule has 136 valence electrons. The Labute approximate surface area is 138 Å². The number of nitrogens with one attached hydrogen (secondary N) is 1. The molecule has 0 aromatic carbocycles. The molecule has 0 aromatic rings. The average molecular weight is 346 g/mol. The highest BCUT2D eigenvalue weighted by molar-refractivity contribution is 6.04. The van der Waals surface area contributed by atoms with Crippen LogP contribution >= 0.6 is 0 Å². The third-order valence-corrected chi connectivity index (χ3v) is 6.44. The molecule has 2 aliphatic heterocycles. The second kappa shape index (κ2) is 4.87. The third kappa shape index (κ3) is 1.70. The van der Waals surface area contributed by atoms with Crippen molar-refractivity contribution in [2.45, 2.75) is 63.9 Å². The van der Waals surface area contributed by atoms with Gasteiger partial charge in [-0.1, -0.05) is 27.7 Å². The maximum Gasteiger partial charge on any atom is 0.326 e. The molecule has 3 aliphatic rings. The minimum atomic E-state index is -2.35. The van der Waals surface area contributed by atoms with Gasteiger partial charge in [-0.2, -0.15) is 0 Å². The normalized spacial score (nSPS) is 46.3. The molecule has 2 heterocycles. The van der Waals surface area contributed by atoms with E-state index in [1.165, 1.54) is 0 Å². The molecule has 2 saturated heterocycles. The zero-order valence-electron chi connectivity index (χ0n) is 14.0. The number of amides is 3. The molecule has 3 amide bonds. The van der Waals surface area contributed by atoms with Crippen LogP contribution in [-0.4, -0.2) is 75.0 Å².